The van der Waals surface area contributed by atoms with Crippen LogP contribution in [0.1, 0.15) is 48.3 Å². The molecule has 2 aliphatic rings. The van der Waals surface area contributed by atoms with Gasteiger partial charge >= 0.3 is 5.97 Å². The lowest BCUT2D eigenvalue weighted by Crippen LogP contribution is -2.43. The number of carboxylic acid groups (broad SMARTS) is 1. The number of aromatic nitrogens is 3. The summed E-state index contributed by atoms with van der Waals surface area (Å²) in [5.41, 5.74) is 8.50. The second kappa shape index (κ2) is 12.2. The maximum absolute atomic E-state index is 11.8. The molecule has 4 heterocycles. The van der Waals surface area contributed by atoms with E-state index in [4.69, 9.17) is 13.9 Å². The maximum Gasteiger partial charge on any atom is 0.320 e. The lowest BCUT2D eigenvalue weighted by atomic mass is 9.91. The monoisotopic (exact) mass is 607 g/mol. The molecule has 10 nitrogen and oxygen atoms in total. The van der Waals surface area contributed by atoms with Gasteiger partial charge in [-0.2, -0.15) is 4.98 Å². The highest BCUT2D eigenvalue weighted by molar-refractivity contribution is 5.83. The van der Waals surface area contributed by atoms with E-state index >= 15 is 0 Å². The van der Waals surface area contributed by atoms with Gasteiger partial charge in [0.1, 0.15) is 11.6 Å². The van der Waals surface area contributed by atoms with Crippen molar-refractivity contribution in [1.29, 1.82) is 0 Å². The minimum absolute atomic E-state index is 0.296. The van der Waals surface area contributed by atoms with E-state index in [1.54, 1.807) is 0 Å². The lowest BCUT2D eigenvalue weighted by molar-refractivity contribution is -0.144. The van der Waals surface area contributed by atoms with Crippen LogP contribution in [0.2, 0.25) is 0 Å². The Kier molecular flexibility index (Phi) is 7.95. The number of piperidine rings is 1. The van der Waals surface area contributed by atoms with Crippen molar-refractivity contribution < 1.29 is 23.9 Å². The van der Waals surface area contributed by atoms with Gasteiger partial charge in [0.05, 0.1) is 12.6 Å². The van der Waals surface area contributed by atoms with Crippen molar-refractivity contribution in [1.82, 2.24) is 24.9 Å². The summed E-state index contributed by atoms with van der Waals surface area (Å²) < 4.78 is 11.8. The smallest absolute Gasteiger partial charge is 0.320 e. The van der Waals surface area contributed by atoms with Crippen LogP contribution in [-0.2, 0) is 17.9 Å². The normalized spacial score (nSPS) is 19.4. The number of aliphatic hydroxyl groups is 1. The van der Waals surface area contributed by atoms with E-state index in [2.05, 4.69) is 41.0 Å². The quantitative estimate of drug-likeness (QED) is 0.222. The fourth-order valence-corrected chi connectivity index (χ4v) is 6.79. The zero-order valence-corrected chi connectivity index (χ0v) is 25.6. The Hall–Kier alpha value is -4.38. The first-order valence-corrected chi connectivity index (χ1v) is 15.6. The molecule has 10 heteroatoms. The molecular weight excluding hydrogens is 570 g/mol. The topological polar surface area (TPSA) is 129 Å². The van der Waals surface area contributed by atoms with E-state index in [1.807, 2.05) is 47.4 Å². The lowest BCUT2D eigenvalue weighted by Gasteiger charge is -2.32. The first-order chi connectivity index (χ1) is 21.8. The van der Waals surface area contributed by atoms with Gasteiger partial charge in [0.2, 0.25) is 17.6 Å². The number of hydrogen-bond acceptors (Lipinski definition) is 9. The van der Waals surface area contributed by atoms with Crippen LogP contribution in [0.25, 0.3) is 45.1 Å². The number of β-amino-alcohol motifs (C(OH)–C–C–N with tert-alkyl or cyclic N) is 1. The fourth-order valence-electron chi connectivity index (χ4n) is 6.79. The molecule has 2 saturated heterocycles. The van der Waals surface area contributed by atoms with E-state index in [0.29, 0.717) is 49.2 Å². The predicted octanol–water partition coefficient (Wildman–Crippen LogP) is 5.83. The molecule has 5 aromatic rings. The summed E-state index contributed by atoms with van der Waals surface area (Å²) in [6.07, 6.45) is 3.11. The Bertz CT molecular complexity index is 1860. The number of oxazole rings is 1. The van der Waals surface area contributed by atoms with Crippen LogP contribution in [0, 0.1) is 13.8 Å². The molecule has 3 aromatic carbocycles. The van der Waals surface area contributed by atoms with Crippen LogP contribution in [-0.4, -0.2) is 72.9 Å². The molecule has 2 N–H and O–H groups in total. The molecule has 2 atom stereocenters. The molecular formula is C35H37N5O5. The van der Waals surface area contributed by atoms with Gasteiger partial charge in [-0.05, 0) is 85.7 Å². The summed E-state index contributed by atoms with van der Waals surface area (Å²) in [4.78, 5) is 25.5. The average molecular weight is 608 g/mol. The number of fused-ring (bicyclic) bond motifs is 1. The van der Waals surface area contributed by atoms with Crippen LogP contribution in [0.3, 0.4) is 0 Å². The Balaban J connectivity index is 1.15. The van der Waals surface area contributed by atoms with Crippen LogP contribution in [0.15, 0.2) is 63.5 Å². The first kappa shape index (κ1) is 29.3. The second-order valence-electron chi connectivity index (χ2n) is 12.3. The van der Waals surface area contributed by atoms with E-state index < -0.39 is 12.0 Å². The number of likely N-dealkylation sites (tertiary alicyclic amines) is 2. The molecule has 0 radical (unpaired) electrons. The van der Waals surface area contributed by atoms with Gasteiger partial charge in [-0.1, -0.05) is 48.0 Å². The highest BCUT2D eigenvalue weighted by atomic mass is 16.5. The largest absolute Gasteiger partial charge is 0.480 e. The molecule has 2 fully saturated rings. The van der Waals surface area contributed by atoms with Crippen LogP contribution < -0.4 is 0 Å². The molecule has 2 aromatic heterocycles. The van der Waals surface area contributed by atoms with Gasteiger partial charge < -0.3 is 19.2 Å². The molecule has 0 amide bonds. The Morgan fingerprint density at radius 2 is 1.67 bits per heavy atom. The van der Waals surface area contributed by atoms with E-state index in [0.717, 1.165) is 76.8 Å². The van der Waals surface area contributed by atoms with E-state index in [9.17, 15) is 15.0 Å². The predicted molar refractivity (Wildman–Crippen MR) is 169 cm³/mol. The molecule has 0 spiro atoms. The van der Waals surface area contributed by atoms with Crippen molar-refractivity contribution in [3.05, 3.63) is 77.2 Å². The summed E-state index contributed by atoms with van der Waals surface area (Å²) in [6, 6.07) is 17.8. The Morgan fingerprint density at radius 3 is 2.42 bits per heavy atom. The molecule has 232 valence electrons. The van der Waals surface area contributed by atoms with Gasteiger partial charge in [-0.3, -0.25) is 14.6 Å². The van der Waals surface area contributed by atoms with Gasteiger partial charge in [-0.25, -0.2) is 4.98 Å². The summed E-state index contributed by atoms with van der Waals surface area (Å²) in [5.74, 6) is 0.883. The van der Waals surface area contributed by atoms with Crippen molar-refractivity contribution in [2.45, 2.75) is 64.8 Å². The third-order valence-corrected chi connectivity index (χ3v) is 9.24. The van der Waals surface area contributed by atoms with Crippen molar-refractivity contribution in [2.24, 2.45) is 0 Å². The standard InChI is InChI=1S/C35H37N5O5/c1-21-25(7-5-9-27(21)33-37-32(45-38-33)20-39-16-14-24(41)19-39)26-8-6-10-28(22(26)2)34-36-29-17-23(12-13-31(29)44-34)18-40-15-4-3-11-30(40)35(42)43/h5-10,12-13,17,24,30,41H,3-4,11,14-16,18-20H2,1-2H3,(H,42,43)/t24-,30+/m1/s1. The minimum Gasteiger partial charge on any atom is -0.480 e. The molecule has 0 unspecified atom stereocenters. The number of carboxylic acids is 1. The third kappa shape index (κ3) is 5.88. The third-order valence-electron chi connectivity index (χ3n) is 9.24. The molecule has 2 aliphatic heterocycles. The van der Waals surface area contributed by atoms with Gasteiger partial charge in [0.25, 0.3) is 0 Å². The van der Waals surface area contributed by atoms with E-state index in [1.165, 1.54) is 0 Å². The maximum atomic E-state index is 11.8. The van der Waals surface area contributed by atoms with Gasteiger partial charge in [-0.15, -0.1) is 0 Å². The van der Waals surface area contributed by atoms with E-state index in [-0.39, 0.29) is 6.10 Å². The SMILES string of the molecule is Cc1c(-c2noc(CN3CC[C@@H](O)C3)n2)cccc1-c1cccc(-c2nc3cc(CN4CCCC[C@H]4C(=O)O)ccc3o2)c1C. The minimum atomic E-state index is -0.753. The fraction of sp³-hybridized carbons (Fsp3) is 0.371. The Labute approximate surface area is 261 Å². The second-order valence-corrected chi connectivity index (χ2v) is 12.3. The van der Waals surface area contributed by atoms with Crippen LogP contribution in [0.5, 0.6) is 0 Å². The van der Waals surface area contributed by atoms with Gasteiger partial charge in [0, 0.05) is 30.8 Å². The van der Waals surface area contributed by atoms with Crippen molar-refractivity contribution >= 4 is 17.1 Å². The number of hydrogen-bond donors (Lipinski definition) is 2. The number of rotatable bonds is 8. The molecule has 0 aliphatic carbocycles. The molecule has 0 bridgehead atoms. The summed E-state index contributed by atoms with van der Waals surface area (Å²) in [5, 5.41) is 23.8. The number of carbonyl (C=O) groups is 1. The number of nitrogens with zero attached hydrogens (tertiary/aromatic N) is 5. The number of aliphatic hydroxyl groups excluding tert-OH is 1. The molecule has 7 rings (SSSR count). The summed E-state index contributed by atoms with van der Waals surface area (Å²) in [6.45, 7) is 7.46. The van der Waals surface area contributed by atoms with Crippen molar-refractivity contribution in [3.63, 3.8) is 0 Å². The highest BCUT2D eigenvalue weighted by Crippen LogP contribution is 2.37. The summed E-state index contributed by atoms with van der Waals surface area (Å²) in [7, 11) is 0. The highest BCUT2D eigenvalue weighted by Gasteiger charge is 2.28. The Morgan fingerprint density at radius 1 is 0.911 bits per heavy atom. The number of aliphatic carboxylic acids is 1. The van der Waals surface area contributed by atoms with Crippen molar-refractivity contribution in [2.75, 3.05) is 19.6 Å². The van der Waals surface area contributed by atoms with Crippen molar-refractivity contribution in [3.8, 4) is 34.0 Å². The van der Waals surface area contributed by atoms with Crippen LogP contribution >= 0.6 is 0 Å². The number of benzene rings is 3. The average Bonchev–Trinajstić information content (AvgIpc) is 3.78. The molecule has 0 saturated carbocycles. The zero-order valence-electron chi connectivity index (χ0n) is 25.6. The zero-order chi connectivity index (χ0) is 31.1. The molecule has 45 heavy (non-hydrogen) atoms. The summed E-state index contributed by atoms with van der Waals surface area (Å²) >= 11 is 0. The van der Waals surface area contributed by atoms with Crippen LogP contribution in [0.4, 0.5) is 0 Å². The van der Waals surface area contributed by atoms with Gasteiger partial charge in [0.15, 0.2) is 5.58 Å². The first-order valence-electron chi connectivity index (χ1n) is 15.6.